The van der Waals surface area contributed by atoms with Crippen molar-refractivity contribution in [3.05, 3.63) is 52.7 Å². The van der Waals surface area contributed by atoms with Crippen molar-refractivity contribution in [2.75, 3.05) is 7.11 Å². The highest BCUT2D eigenvalue weighted by Crippen LogP contribution is 2.43. The first-order chi connectivity index (χ1) is 14.3. The molecule has 30 heavy (non-hydrogen) atoms. The number of hydrogen-bond donors (Lipinski definition) is 0. The summed E-state index contributed by atoms with van der Waals surface area (Å²) in [6.07, 6.45) is 0. The lowest BCUT2D eigenvalue weighted by molar-refractivity contribution is -0.132. The predicted octanol–water partition coefficient (Wildman–Crippen LogP) is 3.70. The van der Waals surface area contributed by atoms with Gasteiger partial charge in [0.1, 0.15) is 5.75 Å². The van der Waals surface area contributed by atoms with Crippen molar-refractivity contribution in [2.24, 2.45) is 7.05 Å². The summed E-state index contributed by atoms with van der Waals surface area (Å²) < 4.78 is 18.3. The molecule has 0 unspecified atom stereocenters. The van der Waals surface area contributed by atoms with E-state index in [-0.39, 0.29) is 22.3 Å². The van der Waals surface area contributed by atoms with Gasteiger partial charge in [-0.25, -0.2) is 0 Å². The average Bonchev–Trinajstić information content (AvgIpc) is 2.71. The Morgan fingerprint density at radius 2 is 1.57 bits per heavy atom. The van der Waals surface area contributed by atoms with Crippen LogP contribution >= 0.6 is 0 Å². The summed E-state index contributed by atoms with van der Waals surface area (Å²) >= 11 is 0. The largest absolute Gasteiger partial charge is 0.494 e. The number of fused-ring (bicyclic) bond motifs is 3. The number of aryl methyl sites for hydroxylation is 1. The second-order valence-electron chi connectivity index (χ2n) is 6.89. The molecule has 1 heterocycles. The molecular weight excluding hydrogens is 386 g/mol. The molecule has 0 fully saturated rings. The third kappa shape index (κ3) is 2.95. The SMILES string of the molecule is COc1c2ccc(OC(C)=O)cc2c(OC(C)=O)c2c(=O)c3ccccc3n(C)c12. The lowest BCUT2D eigenvalue weighted by Crippen LogP contribution is -2.14. The topological polar surface area (TPSA) is 83.8 Å². The van der Waals surface area contributed by atoms with Crippen LogP contribution in [0.3, 0.4) is 0 Å². The van der Waals surface area contributed by atoms with Crippen LogP contribution in [0.15, 0.2) is 47.3 Å². The van der Waals surface area contributed by atoms with Crippen molar-refractivity contribution in [3.8, 4) is 17.2 Å². The number of carbonyl (C=O) groups excluding carboxylic acids is 2. The number of benzene rings is 3. The maximum atomic E-state index is 13.5. The molecular formula is C23H19NO6. The van der Waals surface area contributed by atoms with Gasteiger partial charge < -0.3 is 18.8 Å². The molecule has 4 aromatic rings. The monoisotopic (exact) mass is 405 g/mol. The van der Waals surface area contributed by atoms with Crippen LogP contribution in [0, 0.1) is 0 Å². The fourth-order valence-corrected chi connectivity index (χ4v) is 3.82. The predicted molar refractivity (Wildman–Crippen MR) is 113 cm³/mol. The van der Waals surface area contributed by atoms with Gasteiger partial charge in [-0.05, 0) is 30.3 Å². The van der Waals surface area contributed by atoms with Crippen LogP contribution in [0.5, 0.6) is 17.2 Å². The highest BCUT2D eigenvalue weighted by molar-refractivity contribution is 6.13. The van der Waals surface area contributed by atoms with E-state index in [1.165, 1.54) is 21.0 Å². The molecule has 0 bridgehead atoms. The molecule has 0 radical (unpaired) electrons. The van der Waals surface area contributed by atoms with Gasteiger partial charge >= 0.3 is 11.9 Å². The quantitative estimate of drug-likeness (QED) is 0.294. The Balaban J connectivity index is 2.30. The Hall–Kier alpha value is -3.87. The number of aromatic nitrogens is 1. The van der Waals surface area contributed by atoms with Gasteiger partial charge in [0.25, 0.3) is 0 Å². The molecule has 0 N–H and O–H groups in total. The molecule has 1 aromatic heterocycles. The average molecular weight is 405 g/mol. The number of pyridine rings is 1. The van der Waals surface area contributed by atoms with E-state index >= 15 is 0 Å². The highest BCUT2D eigenvalue weighted by atomic mass is 16.5. The molecule has 4 rings (SSSR count). The molecule has 152 valence electrons. The molecule has 3 aromatic carbocycles. The van der Waals surface area contributed by atoms with Crippen molar-refractivity contribution in [2.45, 2.75) is 13.8 Å². The van der Waals surface area contributed by atoms with E-state index in [1.54, 1.807) is 30.3 Å². The Morgan fingerprint density at radius 1 is 0.867 bits per heavy atom. The van der Waals surface area contributed by atoms with E-state index in [9.17, 15) is 14.4 Å². The van der Waals surface area contributed by atoms with Crippen molar-refractivity contribution in [1.29, 1.82) is 0 Å². The molecule has 0 saturated carbocycles. The van der Waals surface area contributed by atoms with Crippen LogP contribution in [-0.4, -0.2) is 23.6 Å². The van der Waals surface area contributed by atoms with E-state index in [0.29, 0.717) is 27.4 Å². The number of rotatable bonds is 3. The number of hydrogen-bond acceptors (Lipinski definition) is 6. The summed E-state index contributed by atoms with van der Waals surface area (Å²) in [4.78, 5) is 36.8. The van der Waals surface area contributed by atoms with Gasteiger partial charge in [-0.15, -0.1) is 0 Å². The number of methoxy groups -OCH3 is 1. The molecule has 0 saturated heterocycles. The van der Waals surface area contributed by atoms with Crippen molar-refractivity contribution in [3.63, 3.8) is 0 Å². The van der Waals surface area contributed by atoms with Crippen LogP contribution < -0.4 is 19.6 Å². The lowest BCUT2D eigenvalue weighted by atomic mass is 10.0. The Labute approximate surface area is 171 Å². The van der Waals surface area contributed by atoms with E-state index in [1.807, 2.05) is 23.7 Å². The van der Waals surface area contributed by atoms with Gasteiger partial charge in [0.2, 0.25) is 5.43 Å². The third-order valence-electron chi connectivity index (χ3n) is 4.94. The zero-order valence-corrected chi connectivity index (χ0v) is 16.9. The molecule has 0 amide bonds. The summed E-state index contributed by atoms with van der Waals surface area (Å²) in [6, 6.07) is 12.1. The first-order valence-corrected chi connectivity index (χ1v) is 9.25. The third-order valence-corrected chi connectivity index (χ3v) is 4.94. The summed E-state index contributed by atoms with van der Waals surface area (Å²) in [7, 11) is 3.34. The van der Waals surface area contributed by atoms with Crippen LogP contribution in [0.2, 0.25) is 0 Å². The van der Waals surface area contributed by atoms with E-state index in [4.69, 9.17) is 14.2 Å². The summed E-state index contributed by atoms with van der Waals surface area (Å²) in [5.41, 5.74) is 0.941. The summed E-state index contributed by atoms with van der Waals surface area (Å²) in [5.74, 6) is -0.236. The maximum absolute atomic E-state index is 13.5. The van der Waals surface area contributed by atoms with E-state index in [0.717, 1.165) is 5.52 Å². The minimum absolute atomic E-state index is 0.105. The summed E-state index contributed by atoms with van der Waals surface area (Å²) in [5, 5.41) is 1.75. The van der Waals surface area contributed by atoms with Gasteiger partial charge in [-0.3, -0.25) is 14.4 Å². The standard InChI is InChI=1S/C23H19NO6/c1-12(25)29-14-9-10-15-17(11-14)22(30-13(2)26)19-20(23(15)28-4)24(3)18-8-6-5-7-16(18)21(19)27/h5-11H,1-4H3. The van der Waals surface area contributed by atoms with Crippen LogP contribution in [0.1, 0.15) is 13.8 Å². The van der Waals surface area contributed by atoms with Crippen LogP contribution in [-0.2, 0) is 16.6 Å². The Morgan fingerprint density at radius 3 is 2.23 bits per heavy atom. The number of para-hydroxylation sites is 1. The van der Waals surface area contributed by atoms with Crippen molar-refractivity contribution >= 4 is 44.5 Å². The fourth-order valence-electron chi connectivity index (χ4n) is 3.82. The summed E-state index contributed by atoms with van der Waals surface area (Å²) in [6.45, 7) is 2.56. The Bertz CT molecular complexity index is 1420. The maximum Gasteiger partial charge on any atom is 0.308 e. The minimum Gasteiger partial charge on any atom is -0.494 e. The van der Waals surface area contributed by atoms with Gasteiger partial charge in [-0.2, -0.15) is 0 Å². The molecule has 0 aliphatic carbocycles. The number of carbonyl (C=O) groups is 2. The first kappa shape index (κ1) is 19.4. The molecule has 0 atom stereocenters. The molecule has 0 spiro atoms. The van der Waals surface area contributed by atoms with Gasteiger partial charge in [0, 0.05) is 37.1 Å². The van der Waals surface area contributed by atoms with Crippen molar-refractivity contribution < 1.29 is 23.8 Å². The second kappa shape index (κ2) is 7.18. The number of ether oxygens (including phenoxy) is 3. The van der Waals surface area contributed by atoms with Gasteiger partial charge in [0.05, 0.1) is 23.5 Å². The minimum atomic E-state index is -0.573. The number of nitrogens with zero attached hydrogens (tertiary/aromatic N) is 1. The van der Waals surface area contributed by atoms with Gasteiger partial charge in [0.15, 0.2) is 11.5 Å². The Kier molecular flexibility index (Phi) is 4.66. The number of esters is 2. The molecule has 0 aliphatic heterocycles. The zero-order chi connectivity index (χ0) is 21.6. The zero-order valence-electron chi connectivity index (χ0n) is 16.9. The molecule has 0 aliphatic rings. The lowest BCUT2D eigenvalue weighted by Gasteiger charge is -2.19. The normalized spacial score (nSPS) is 11.1. The fraction of sp³-hybridized carbons (Fsp3) is 0.174. The smallest absolute Gasteiger partial charge is 0.308 e. The molecule has 7 nitrogen and oxygen atoms in total. The molecule has 7 heteroatoms. The van der Waals surface area contributed by atoms with E-state index < -0.39 is 11.9 Å². The first-order valence-electron chi connectivity index (χ1n) is 9.25. The van der Waals surface area contributed by atoms with Crippen LogP contribution in [0.4, 0.5) is 0 Å². The van der Waals surface area contributed by atoms with Crippen LogP contribution in [0.25, 0.3) is 32.6 Å². The highest BCUT2D eigenvalue weighted by Gasteiger charge is 2.23. The van der Waals surface area contributed by atoms with Crippen molar-refractivity contribution in [1.82, 2.24) is 4.57 Å². The van der Waals surface area contributed by atoms with E-state index in [2.05, 4.69) is 0 Å². The van der Waals surface area contributed by atoms with Gasteiger partial charge in [-0.1, -0.05) is 12.1 Å². The second-order valence-corrected chi connectivity index (χ2v) is 6.89.